The number of anilines is 1. The molecule has 0 aliphatic carbocycles. The number of carbonyl (C=O) groups is 1. The van der Waals surface area contributed by atoms with E-state index >= 15 is 0 Å². The summed E-state index contributed by atoms with van der Waals surface area (Å²) in [6, 6.07) is 4.02. The number of likely N-dealkylation sites (N-methyl/N-ethyl adjacent to an activating group) is 1. The van der Waals surface area contributed by atoms with Gasteiger partial charge in [-0.1, -0.05) is 6.92 Å². The van der Waals surface area contributed by atoms with Crippen LogP contribution in [0.1, 0.15) is 17.3 Å². The Bertz CT molecular complexity index is 481. The average Bonchev–Trinajstić information content (AvgIpc) is 2.45. The fourth-order valence-electron chi connectivity index (χ4n) is 2.22. The van der Waals surface area contributed by atoms with E-state index in [1.54, 1.807) is 6.07 Å². The lowest BCUT2D eigenvalue weighted by molar-refractivity contribution is -0.0191. The number of rotatable bonds is 5. The van der Waals surface area contributed by atoms with Gasteiger partial charge in [-0.05, 0) is 24.7 Å². The van der Waals surface area contributed by atoms with Crippen molar-refractivity contribution in [2.45, 2.75) is 13.0 Å². The topological polar surface area (TPSA) is 61.8 Å². The second-order valence-electron chi connectivity index (χ2n) is 4.77. The molecule has 0 radical (unpaired) electrons. The van der Waals surface area contributed by atoms with Gasteiger partial charge in [0.25, 0.3) is 0 Å². The molecule has 0 bridgehead atoms. The molecule has 1 fully saturated rings. The summed E-state index contributed by atoms with van der Waals surface area (Å²) in [5, 5.41) is 11.8. The summed E-state index contributed by atoms with van der Waals surface area (Å²) in [5.74, 6) is -1.99. The summed E-state index contributed by atoms with van der Waals surface area (Å²) >= 11 is 0. The summed E-state index contributed by atoms with van der Waals surface area (Å²) in [6.45, 7) is 6.15. The number of nitrogens with zero attached hydrogens (tertiary/aromatic N) is 1. The summed E-state index contributed by atoms with van der Waals surface area (Å²) < 4.78 is 19.2. The fraction of sp³-hybridized carbons (Fsp3) is 0.500. The largest absolute Gasteiger partial charge is 0.478 e. The van der Waals surface area contributed by atoms with E-state index in [0.29, 0.717) is 18.8 Å². The maximum Gasteiger partial charge on any atom is 0.338 e. The Balaban J connectivity index is 1.91. The molecule has 2 rings (SSSR count). The third-order valence-corrected chi connectivity index (χ3v) is 3.40. The molecule has 5 nitrogen and oxygen atoms in total. The Labute approximate surface area is 117 Å². The van der Waals surface area contributed by atoms with Crippen LogP contribution in [0.3, 0.4) is 0 Å². The Kier molecular flexibility index (Phi) is 4.92. The van der Waals surface area contributed by atoms with Gasteiger partial charge in [-0.3, -0.25) is 4.90 Å². The van der Waals surface area contributed by atoms with Crippen LogP contribution < -0.4 is 5.32 Å². The minimum absolute atomic E-state index is 0.0610. The predicted octanol–water partition coefficient (Wildman–Crippen LogP) is 1.66. The van der Waals surface area contributed by atoms with Crippen LogP contribution in [0.15, 0.2) is 18.2 Å². The molecule has 0 aromatic heterocycles. The number of halogens is 1. The number of hydrogen-bond acceptors (Lipinski definition) is 4. The van der Waals surface area contributed by atoms with Gasteiger partial charge < -0.3 is 15.2 Å². The van der Waals surface area contributed by atoms with Crippen LogP contribution in [0.5, 0.6) is 0 Å². The van der Waals surface area contributed by atoms with Gasteiger partial charge in [0, 0.05) is 25.3 Å². The van der Waals surface area contributed by atoms with Crippen molar-refractivity contribution in [3.63, 3.8) is 0 Å². The Morgan fingerprint density at radius 1 is 1.60 bits per heavy atom. The predicted molar refractivity (Wildman–Crippen MR) is 73.7 cm³/mol. The number of carboxylic acids is 1. The van der Waals surface area contributed by atoms with E-state index in [1.165, 1.54) is 12.1 Å². The summed E-state index contributed by atoms with van der Waals surface area (Å²) in [4.78, 5) is 13.0. The molecule has 1 heterocycles. The molecule has 1 saturated heterocycles. The highest BCUT2D eigenvalue weighted by molar-refractivity contribution is 5.88. The van der Waals surface area contributed by atoms with Crippen molar-refractivity contribution in [1.82, 2.24) is 4.90 Å². The van der Waals surface area contributed by atoms with Crippen LogP contribution in [0.4, 0.5) is 10.1 Å². The number of hydrogen-bond donors (Lipinski definition) is 2. The average molecular weight is 282 g/mol. The van der Waals surface area contributed by atoms with Crippen LogP contribution in [0, 0.1) is 5.82 Å². The Morgan fingerprint density at radius 3 is 3.05 bits per heavy atom. The van der Waals surface area contributed by atoms with Crippen LogP contribution in [-0.4, -0.2) is 54.9 Å². The first-order valence-corrected chi connectivity index (χ1v) is 6.70. The second kappa shape index (κ2) is 6.67. The number of carboxylic acid groups (broad SMARTS) is 1. The lowest BCUT2D eigenvalue weighted by Gasteiger charge is -2.32. The van der Waals surface area contributed by atoms with E-state index < -0.39 is 11.8 Å². The number of benzene rings is 1. The zero-order valence-corrected chi connectivity index (χ0v) is 11.4. The van der Waals surface area contributed by atoms with Gasteiger partial charge in [-0.2, -0.15) is 0 Å². The highest BCUT2D eigenvalue weighted by Crippen LogP contribution is 2.15. The third-order valence-electron chi connectivity index (χ3n) is 3.40. The van der Waals surface area contributed by atoms with Crippen molar-refractivity contribution in [2.75, 3.05) is 38.1 Å². The molecule has 1 aromatic carbocycles. The maximum absolute atomic E-state index is 13.5. The molecule has 1 unspecified atom stereocenters. The zero-order valence-electron chi connectivity index (χ0n) is 11.4. The SMILES string of the molecule is CCN1CCOC(CNc2ccc(C(=O)O)c(F)c2)C1. The number of aromatic carboxylic acids is 1. The van der Waals surface area contributed by atoms with Gasteiger partial charge in [-0.25, -0.2) is 9.18 Å². The van der Waals surface area contributed by atoms with E-state index in [2.05, 4.69) is 17.1 Å². The van der Waals surface area contributed by atoms with E-state index in [-0.39, 0.29) is 11.7 Å². The molecular weight excluding hydrogens is 263 g/mol. The second-order valence-corrected chi connectivity index (χ2v) is 4.77. The molecule has 0 amide bonds. The molecule has 1 aliphatic rings. The molecular formula is C14H19FN2O3. The molecule has 2 N–H and O–H groups in total. The molecule has 1 aromatic rings. The van der Waals surface area contributed by atoms with Gasteiger partial charge >= 0.3 is 5.97 Å². The standard InChI is InChI=1S/C14H19FN2O3/c1-2-17-5-6-20-11(9-17)8-16-10-3-4-12(14(18)19)13(15)7-10/h3-4,7,11,16H,2,5-6,8-9H2,1H3,(H,18,19). The summed E-state index contributed by atoms with van der Waals surface area (Å²) in [7, 11) is 0. The van der Waals surface area contributed by atoms with Crippen LogP contribution >= 0.6 is 0 Å². The van der Waals surface area contributed by atoms with Gasteiger partial charge in [0.15, 0.2) is 0 Å². The van der Waals surface area contributed by atoms with Crippen molar-refractivity contribution in [3.8, 4) is 0 Å². The number of morpholine rings is 1. The van der Waals surface area contributed by atoms with Crippen LogP contribution in [0.2, 0.25) is 0 Å². The number of ether oxygens (including phenoxy) is 1. The van der Waals surface area contributed by atoms with Gasteiger partial charge in [-0.15, -0.1) is 0 Å². The molecule has 20 heavy (non-hydrogen) atoms. The monoisotopic (exact) mass is 282 g/mol. The molecule has 6 heteroatoms. The van der Waals surface area contributed by atoms with Gasteiger partial charge in [0.05, 0.1) is 18.3 Å². The number of nitrogens with one attached hydrogen (secondary N) is 1. The summed E-state index contributed by atoms with van der Waals surface area (Å²) in [6.07, 6.45) is 0.0610. The van der Waals surface area contributed by atoms with Crippen LogP contribution in [-0.2, 0) is 4.74 Å². The lowest BCUT2D eigenvalue weighted by Crippen LogP contribution is -2.45. The maximum atomic E-state index is 13.5. The Hall–Kier alpha value is -1.66. The lowest BCUT2D eigenvalue weighted by atomic mass is 10.2. The molecule has 110 valence electrons. The van der Waals surface area contributed by atoms with Crippen molar-refractivity contribution >= 4 is 11.7 Å². The first-order valence-electron chi connectivity index (χ1n) is 6.70. The van der Waals surface area contributed by atoms with Gasteiger partial charge in [0.1, 0.15) is 5.82 Å². The highest BCUT2D eigenvalue weighted by Gasteiger charge is 2.19. The first-order chi connectivity index (χ1) is 9.60. The van der Waals surface area contributed by atoms with Crippen molar-refractivity contribution in [3.05, 3.63) is 29.6 Å². The van der Waals surface area contributed by atoms with E-state index in [1.807, 2.05) is 0 Å². The molecule has 0 saturated carbocycles. The normalized spacial score (nSPS) is 19.8. The first kappa shape index (κ1) is 14.7. The fourth-order valence-corrected chi connectivity index (χ4v) is 2.22. The van der Waals surface area contributed by atoms with Crippen molar-refractivity contribution in [1.29, 1.82) is 0 Å². The van der Waals surface area contributed by atoms with E-state index in [0.717, 1.165) is 19.6 Å². The quantitative estimate of drug-likeness (QED) is 0.860. The van der Waals surface area contributed by atoms with E-state index in [9.17, 15) is 9.18 Å². The van der Waals surface area contributed by atoms with E-state index in [4.69, 9.17) is 9.84 Å². The molecule has 1 atom stereocenters. The van der Waals surface area contributed by atoms with Crippen molar-refractivity contribution < 1.29 is 19.0 Å². The summed E-state index contributed by atoms with van der Waals surface area (Å²) in [5.41, 5.74) is 0.242. The van der Waals surface area contributed by atoms with Crippen molar-refractivity contribution in [2.24, 2.45) is 0 Å². The van der Waals surface area contributed by atoms with Crippen LogP contribution in [0.25, 0.3) is 0 Å². The zero-order chi connectivity index (χ0) is 14.5. The molecule has 1 aliphatic heterocycles. The third kappa shape index (κ3) is 3.68. The highest BCUT2D eigenvalue weighted by atomic mass is 19.1. The van der Waals surface area contributed by atoms with Gasteiger partial charge in [0.2, 0.25) is 0 Å². The smallest absolute Gasteiger partial charge is 0.338 e. The minimum atomic E-state index is -1.26. The molecule has 0 spiro atoms. The minimum Gasteiger partial charge on any atom is -0.478 e. The Morgan fingerprint density at radius 2 is 2.40 bits per heavy atom.